The highest BCUT2D eigenvalue weighted by molar-refractivity contribution is 6.01. The van der Waals surface area contributed by atoms with E-state index in [4.69, 9.17) is 4.74 Å². The minimum absolute atomic E-state index is 0.00468. The number of ketones is 1. The van der Waals surface area contributed by atoms with Crippen molar-refractivity contribution in [3.63, 3.8) is 0 Å². The summed E-state index contributed by atoms with van der Waals surface area (Å²) in [6.45, 7) is 5.59. The van der Waals surface area contributed by atoms with Crippen LogP contribution in [0.2, 0.25) is 0 Å². The van der Waals surface area contributed by atoms with Crippen LogP contribution in [0.1, 0.15) is 46.5 Å². The Labute approximate surface area is 165 Å². The monoisotopic (exact) mass is 388 g/mol. The number of rotatable bonds is 2. The molecule has 0 radical (unpaired) electrons. The van der Waals surface area contributed by atoms with Crippen molar-refractivity contribution < 1.29 is 23.8 Å². The maximum atomic E-state index is 15.1. The van der Waals surface area contributed by atoms with Gasteiger partial charge in [-0.3, -0.25) is 9.59 Å². The number of carbonyl (C=O) groups excluding carboxylic acids is 2. The fourth-order valence-corrected chi connectivity index (χ4v) is 6.76. The number of hydrogen-bond donors (Lipinski definition) is 1. The summed E-state index contributed by atoms with van der Waals surface area (Å²) < 4.78 is 20.1. The van der Waals surface area contributed by atoms with Crippen LogP contribution in [0.5, 0.6) is 0 Å². The molecule has 4 rings (SSSR count). The molecule has 28 heavy (non-hydrogen) atoms. The number of carbonyl (C=O) groups is 2. The number of hydrogen-bond acceptors (Lipinski definition) is 4. The lowest BCUT2D eigenvalue weighted by Gasteiger charge is -2.58. The molecule has 0 bridgehead atoms. The van der Waals surface area contributed by atoms with Gasteiger partial charge in [-0.15, -0.1) is 0 Å². The van der Waals surface area contributed by atoms with Gasteiger partial charge in [0.05, 0.1) is 6.10 Å². The number of aliphatic hydroxyl groups excluding tert-OH is 1. The van der Waals surface area contributed by atoms with Gasteiger partial charge in [-0.25, -0.2) is 4.39 Å². The van der Waals surface area contributed by atoms with Crippen LogP contribution < -0.4 is 0 Å². The lowest BCUT2D eigenvalue weighted by molar-refractivity contribution is -0.139. The van der Waals surface area contributed by atoms with Crippen LogP contribution >= 0.6 is 0 Å². The van der Waals surface area contributed by atoms with Gasteiger partial charge in [0, 0.05) is 18.3 Å². The summed E-state index contributed by atoms with van der Waals surface area (Å²) in [6, 6.07) is 0. The molecule has 0 unspecified atom stereocenters. The van der Waals surface area contributed by atoms with Crippen molar-refractivity contribution in [3.05, 3.63) is 35.5 Å². The lowest BCUT2D eigenvalue weighted by Crippen LogP contribution is -2.55. The molecule has 0 amide bonds. The van der Waals surface area contributed by atoms with Crippen LogP contribution in [0.3, 0.4) is 0 Å². The molecule has 5 heteroatoms. The summed E-state index contributed by atoms with van der Waals surface area (Å²) in [4.78, 5) is 22.9. The van der Waals surface area contributed by atoms with Gasteiger partial charge >= 0.3 is 5.97 Å². The number of halogens is 1. The summed E-state index contributed by atoms with van der Waals surface area (Å²) in [5.74, 6) is -0.0271. The first-order chi connectivity index (χ1) is 13.2. The molecule has 0 spiro atoms. The second kappa shape index (κ2) is 6.65. The van der Waals surface area contributed by atoms with E-state index in [1.165, 1.54) is 6.92 Å². The van der Waals surface area contributed by atoms with Crippen LogP contribution in [-0.2, 0) is 14.3 Å². The number of ether oxygens (including phenoxy) is 1. The van der Waals surface area contributed by atoms with Gasteiger partial charge < -0.3 is 9.84 Å². The number of aliphatic hydroxyl groups is 1. The van der Waals surface area contributed by atoms with Crippen molar-refractivity contribution in [1.29, 1.82) is 0 Å². The molecule has 0 saturated heterocycles. The molecular formula is C23H29FO4. The molecule has 0 heterocycles. The summed E-state index contributed by atoms with van der Waals surface area (Å²) in [5.41, 5.74) is 1.01. The molecule has 7 atom stereocenters. The SMILES string of the molecule is CC(=O)OC/C=C1/[C@H](F)C[C@@H]2[C@@H]3CCC4=CC(=O)C=C[C@]4(C)[C@@H]3[C@H](O)C[C@@]12C. The fraction of sp³-hybridized carbons (Fsp3) is 0.652. The molecule has 0 aromatic heterocycles. The maximum Gasteiger partial charge on any atom is 0.302 e. The molecule has 0 aromatic carbocycles. The topological polar surface area (TPSA) is 63.6 Å². The van der Waals surface area contributed by atoms with Crippen molar-refractivity contribution >= 4 is 11.8 Å². The van der Waals surface area contributed by atoms with Gasteiger partial charge in [-0.1, -0.05) is 25.5 Å². The average Bonchev–Trinajstić information content (AvgIpc) is 2.85. The molecule has 4 aliphatic carbocycles. The largest absolute Gasteiger partial charge is 0.462 e. The van der Waals surface area contributed by atoms with Crippen LogP contribution in [0.15, 0.2) is 35.5 Å². The molecule has 0 aliphatic heterocycles. The Morgan fingerprint density at radius 1 is 1.43 bits per heavy atom. The number of esters is 1. The van der Waals surface area contributed by atoms with E-state index in [2.05, 4.69) is 13.8 Å². The summed E-state index contributed by atoms with van der Waals surface area (Å²) in [7, 11) is 0. The van der Waals surface area contributed by atoms with Crippen molar-refractivity contribution in [2.24, 2.45) is 28.6 Å². The van der Waals surface area contributed by atoms with Crippen molar-refractivity contribution in [1.82, 2.24) is 0 Å². The van der Waals surface area contributed by atoms with E-state index in [9.17, 15) is 14.7 Å². The van der Waals surface area contributed by atoms with E-state index in [-0.39, 0.29) is 41.5 Å². The fourth-order valence-electron chi connectivity index (χ4n) is 6.76. The highest BCUT2D eigenvalue weighted by Gasteiger charge is 2.62. The second-order valence-corrected chi connectivity index (χ2v) is 9.38. The van der Waals surface area contributed by atoms with E-state index in [1.807, 2.05) is 6.08 Å². The van der Waals surface area contributed by atoms with E-state index in [0.717, 1.165) is 18.4 Å². The van der Waals surface area contributed by atoms with Gasteiger partial charge in [0.2, 0.25) is 0 Å². The molecule has 4 aliphatic rings. The van der Waals surface area contributed by atoms with Crippen LogP contribution in [0.4, 0.5) is 4.39 Å². The van der Waals surface area contributed by atoms with Gasteiger partial charge in [0.25, 0.3) is 0 Å². The number of allylic oxidation sites excluding steroid dienone is 5. The molecule has 0 aromatic rings. The summed E-state index contributed by atoms with van der Waals surface area (Å²) in [6.07, 6.45) is 8.03. The van der Waals surface area contributed by atoms with E-state index < -0.39 is 17.7 Å². The minimum Gasteiger partial charge on any atom is -0.462 e. The Morgan fingerprint density at radius 2 is 2.18 bits per heavy atom. The molecular weight excluding hydrogens is 359 g/mol. The minimum atomic E-state index is -1.07. The molecule has 152 valence electrons. The molecule has 4 nitrogen and oxygen atoms in total. The van der Waals surface area contributed by atoms with Gasteiger partial charge in [0.15, 0.2) is 5.78 Å². The van der Waals surface area contributed by atoms with Gasteiger partial charge in [-0.2, -0.15) is 0 Å². The van der Waals surface area contributed by atoms with Gasteiger partial charge in [0.1, 0.15) is 12.8 Å². The zero-order valence-corrected chi connectivity index (χ0v) is 16.8. The summed E-state index contributed by atoms with van der Waals surface area (Å²) >= 11 is 0. The highest BCUT2D eigenvalue weighted by Crippen LogP contribution is 2.66. The predicted octanol–water partition coefficient (Wildman–Crippen LogP) is 3.70. The third kappa shape index (κ3) is 2.81. The predicted molar refractivity (Wildman–Crippen MR) is 103 cm³/mol. The second-order valence-electron chi connectivity index (χ2n) is 9.38. The molecule has 1 N–H and O–H groups in total. The van der Waals surface area contributed by atoms with E-state index in [0.29, 0.717) is 18.4 Å². The lowest BCUT2D eigenvalue weighted by atomic mass is 9.47. The number of alkyl halides is 1. The molecule has 3 saturated carbocycles. The third-order valence-corrected chi connectivity index (χ3v) is 7.93. The standard InChI is InChI=1S/C23H29FO4/c1-13(25)28-9-7-17-19(24)11-18-16-5-4-14-10-15(26)6-8-22(14,2)21(16)20(27)12-23(17,18)3/h6-8,10,16,18-21,27H,4-5,9,11-12H2,1-3H3/b17-7-/t16-,18+,19+,20+,21-,22-,23-/m0/s1. The zero-order valence-electron chi connectivity index (χ0n) is 16.8. The first-order valence-electron chi connectivity index (χ1n) is 10.3. The average molecular weight is 388 g/mol. The zero-order chi connectivity index (χ0) is 20.3. The third-order valence-electron chi connectivity index (χ3n) is 7.93. The van der Waals surface area contributed by atoms with Crippen molar-refractivity contribution in [3.8, 4) is 0 Å². The van der Waals surface area contributed by atoms with Crippen molar-refractivity contribution in [2.45, 2.75) is 58.7 Å². The Hall–Kier alpha value is -1.75. The Morgan fingerprint density at radius 3 is 2.89 bits per heavy atom. The smallest absolute Gasteiger partial charge is 0.302 e. The van der Waals surface area contributed by atoms with E-state index in [1.54, 1.807) is 18.2 Å². The molecule has 3 fully saturated rings. The Balaban J connectivity index is 1.67. The highest BCUT2D eigenvalue weighted by atomic mass is 19.1. The first-order valence-corrected chi connectivity index (χ1v) is 10.3. The van der Waals surface area contributed by atoms with Crippen LogP contribution in [-0.4, -0.2) is 35.7 Å². The quantitative estimate of drug-likeness (QED) is 0.579. The summed E-state index contributed by atoms with van der Waals surface area (Å²) in [5, 5.41) is 11.2. The first kappa shape index (κ1) is 19.6. The normalized spacial score (nSPS) is 45.9. The number of fused-ring (bicyclic) bond motifs is 5. The Bertz CT molecular complexity index is 796. The van der Waals surface area contributed by atoms with Crippen molar-refractivity contribution in [2.75, 3.05) is 6.61 Å². The Kier molecular flexibility index (Phi) is 4.65. The maximum absolute atomic E-state index is 15.1. The van der Waals surface area contributed by atoms with E-state index >= 15 is 4.39 Å². The van der Waals surface area contributed by atoms with Crippen LogP contribution in [0.25, 0.3) is 0 Å². The van der Waals surface area contributed by atoms with Gasteiger partial charge in [-0.05, 0) is 66.7 Å². The van der Waals surface area contributed by atoms with Crippen LogP contribution in [0, 0.1) is 28.6 Å².